The van der Waals surface area contributed by atoms with Gasteiger partial charge >= 0.3 is 0 Å². The Balaban J connectivity index is 1.71. The number of carbonyl (C=O) groups excluding carboxylic acids is 1. The molecule has 27 heavy (non-hydrogen) atoms. The van der Waals surface area contributed by atoms with Crippen LogP contribution in [0.4, 0.5) is 4.39 Å². The number of fused-ring (bicyclic) bond motifs is 1. The zero-order chi connectivity index (χ0) is 19.4. The molecule has 0 radical (unpaired) electrons. The lowest BCUT2D eigenvalue weighted by Gasteiger charge is -2.32. The van der Waals surface area contributed by atoms with Gasteiger partial charge in [-0.2, -0.15) is 0 Å². The Bertz CT molecular complexity index is 804. The number of rotatable bonds is 6. The average molecular weight is 373 g/mol. The van der Waals surface area contributed by atoms with Gasteiger partial charge in [-0.3, -0.25) is 4.79 Å². The summed E-state index contributed by atoms with van der Waals surface area (Å²) in [7, 11) is 0. The molecule has 6 heteroatoms. The predicted octanol–water partition coefficient (Wildman–Crippen LogP) is 3.80. The van der Waals surface area contributed by atoms with Gasteiger partial charge in [-0.05, 0) is 62.7 Å². The molecule has 0 spiro atoms. The van der Waals surface area contributed by atoms with Crippen LogP contribution in [0.15, 0.2) is 42.5 Å². The molecule has 0 aliphatic carbocycles. The first-order chi connectivity index (χ1) is 12.9. The Hall–Kier alpha value is -2.76. The summed E-state index contributed by atoms with van der Waals surface area (Å²) in [5.74, 6) is 1.37. The van der Waals surface area contributed by atoms with Crippen LogP contribution in [0.1, 0.15) is 26.3 Å². The van der Waals surface area contributed by atoms with E-state index in [-0.39, 0.29) is 11.7 Å². The second-order valence-corrected chi connectivity index (χ2v) is 6.86. The number of halogens is 1. The smallest absolute Gasteiger partial charge is 0.266 e. The highest BCUT2D eigenvalue weighted by Crippen LogP contribution is 2.31. The molecular weight excluding hydrogens is 349 g/mol. The first-order valence-electron chi connectivity index (χ1n) is 9.01. The summed E-state index contributed by atoms with van der Waals surface area (Å²) >= 11 is 0. The van der Waals surface area contributed by atoms with Gasteiger partial charge in [0, 0.05) is 13.1 Å². The van der Waals surface area contributed by atoms with Crippen molar-refractivity contribution in [3.8, 4) is 17.2 Å². The van der Waals surface area contributed by atoms with Gasteiger partial charge in [-0.15, -0.1) is 0 Å². The minimum Gasteiger partial charge on any atom is -0.486 e. The lowest BCUT2D eigenvalue weighted by Crippen LogP contribution is -2.48. The fourth-order valence-corrected chi connectivity index (χ4v) is 2.96. The monoisotopic (exact) mass is 373 g/mol. The molecule has 1 heterocycles. The van der Waals surface area contributed by atoms with Crippen LogP contribution in [0.3, 0.4) is 0 Å². The van der Waals surface area contributed by atoms with E-state index in [4.69, 9.17) is 14.2 Å². The van der Waals surface area contributed by atoms with Crippen LogP contribution in [0.2, 0.25) is 0 Å². The van der Waals surface area contributed by atoms with E-state index >= 15 is 0 Å². The number of nitrogens with zero attached hydrogens (tertiary/aromatic N) is 1. The largest absolute Gasteiger partial charge is 0.486 e. The van der Waals surface area contributed by atoms with Gasteiger partial charge in [-0.1, -0.05) is 6.07 Å². The number of carbonyl (C=O) groups is 1. The van der Waals surface area contributed by atoms with Crippen molar-refractivity contribution in [2.24, 2.45) is 0 Å². The maximum Gasteiger partial charge on any atom is 0.266 e. The summed E-state index contributed by atoms with van der Waals surface area (Å²) < 4.78 is 30.0. The van der Waals surface area contributed by atoms with Gasteiger partial charge in [0.2, 0.25) is 0 Å². The molecule has 0 N–H and O–H groups in total. The molecular formula is C21H24FNO4. The molecule has 2 aromatic rings. The summed E-state index contributed by atoms with van der Waals surface area (Å²) in [5.41, 5.74) is -0.131. The zero-order valence-corrected chi connectivity index (χ0v) is 15.8. The van der Waals surface area contributed by atoms with Gasteiger partial charge in [-0.25, -0.2) is 4.39 Å². The zero-order valence-electron chi connectivity index (χ0n) is 15.8. The first-order valence-corrected chi connectivity index (χ1v) is 9.01. The minimum absolute atomic E-state index is 0.149. The first kappa shape index (κ1) is 19.0. The molecule has 3 rings (SSSR count). The van der Waals surface area contributed by atoms with E-state index in [0.29, 0.717) is 37.8 Å². The number of benzene rings is 2. The van der Waals surface area contributed by atoms with Crippen molar-refractivity contribution < 1.29 is 23.4 Å². The molecule has 0 bridgehead atoms. The van der Waals surface area contributed by atoms with E-state index in [1.165, 1.54) is 24.3 Å². The average Bonchev–Trinajstić information content (AvgIpc) is 2.67. The van der Waals surface area contributed by atoms with Crippen LogP contribution in [-0.4, -0.2) is 36.2 Å². The van der Waals surface area contributed by atoms with Crippen LogP contribution in [0.5, 0.6) is 17.2 Å². The van der Waals surface area contributed by atoms with E-state index in [1.54, 1.807) is 18.7 Å². The molecule has 1 amide bonds. The maximum absolute atomic E-state index is 13.1. The predicted molar refractivity (Wildman–Crippen MR) is 99.6 cm³/mol. The molecule has 2 aromatic carbocycles. The Kier molecular flexibility index (Phi) is 5.54. The minimum atomic E-state index is -1.08. The van der Waals surface area contributed by atoms with Gasteiger partial charge in [0.1, 0.15) is 24.8 Å². The van der Waals surface area contributed by atoms with Crippen LogP contribution in [0.25, 0.3) is 0 Å². The van der Waals surface area contributed by atoms with E-state index in [9.17, 15) is 9.18 Å². The second-order valence-electron chi connectivity index (χ2n) is 6.86. The summed E-state index contributed by atoms with van der Waals surface area (Å²) in [4.78, 5) is 14.7. The molecule has 0 unspecified atom stereocenters. The third-order valence-corrected chi connectivity index (χ3v) is 4.35. The summed E-state index contributed by atoms with van der Waals surface area (Å²) in [5, 5.41) is 0. The van der Waals surface area contributed by atoms with E-state index in [0.717, 1.165) is 11.3 Å². The fourth-order valence-electron chi connectivity index (χ4n) is 2.96. The van der Waals surface area contributed by atoms with Crippen molar-refractivity contribution in [2.75, 3.05) is 19.8 Å². The fraction of sp³-hybridized carbons (Fsp3) is 0.381. The second kappa shape index (κ2) is 7.86. The number of likely N-dealkylation sites (N-methyl/N-ethyl adjacent to an activating group) is 1. The Morgan fingerprint density at radius 3 is 2.44 bits per heavy atom. The molecule has 0 saturated heterocycles. The van der Waals surface area contributed by atoms with Gasteiger partial charge < -0.3 is 19.1 Å². The van der Waals surface area contributed by atoms with Gasteiger partial charge in [0.05, 0.1) is 0 Å². The van der Waals surface area contributed by atoms with E-state index in [2.05, 4.69) is 0 Å². The van der Waals surface area contributed by atoms with E-state index in [1.807, 2.05) is 25.1 Å². The van der Waals surface area contributed by atoms with Crippen molar-refractivity contribution in [3.63, 3.8) is 0 Å². The highest BCUT2D eigenvalue weighted by Gasteiger charge is 2.34. The third-order valence-electron chi connectivity index (χ3n) is 4.35. The Morgan fingerprint density at radius 2 is 1.78 bits per heavy atom. The molecule has 0 saturated carbocycles. The number of ether oxygens (including phenoxy) is 3. The summed E-state index contributed by atoms with van der Waals surface area (Å²) in [6.07, 6.45) is 0. The highest BCUT2D eigenvalue weighted by atomic mass is 19.1. The molecule has 0 aromatic heterocycles. The molecule has 1 aliphatic rings. The van der Waals surface area contributed by atoms with Gasteiger partial charge in [0.25, 0.3) is 5.91 Å². The van der Waals surface area contributed by atoms with Crippen LogP contribution in [-0.2, 0) is 11.3 Å². The van der Waals surface area contributed by atoms with Crippen molar-refractivity contribution in [1.82, 2.24) is 4.90 Å². The van der Waals surface area contributed by atoms with Crippen molar-refractivity contribution >= 4 is 5.91 Å². The number of hydrogen-bond acceptors (Lipinski definition) is 4. The topological polar surface area (TPSA) is 48.0 Å². The molecule has 5 nitrogen and oxygen atoms in total. The van der Waals surface area contributed by atoms with Crippen LogP contribution < -0.4 is 14.2 Å². The van der Waals surface area contributed by atoms with Crippen molar-refractivity contribution in [2.45, 2.75) is 32.9 Å². The lowest BCUT2D eigenvalue weighted by molar-refractivity contribution is -0.145. The molecule has 1 aliphatic heterocycles. The quantitative estimate of drug-likeness (QED) is 0.773. The molecule has 0 fully saturated rings. The molecule has 0 atom stereocenters. The van der Waals surface area contributed by atoms with Crippen molar-refractivity contribution in [3.05, 3.63) is 53.8 Å². The Morgan fingerprint density at radius 1 is 1.11 bits per heavy atom. The highest BCUT2D eigenvalue weighted by molar-refractivity contribution is 5.84. The number of hydrogen-bond donors (Lipinski definition) is 0. The van der Waals surface area contributed by atoms with Crippen molar-refractivity contribution in [1.29, 1.82) is 0 Å². The third kappa shape index (κ3) is 4.51. The Labute approximate surface area is 158 Å². The van der Waals surface area contributed by atoms with Crippen LogP contribution >= 0.6 is 0 Å². The molecule has 144 valence electrons. The van der Waals surface area contributed by atoms with Gasteiger partial charge in [0.15, 0.2) is 17.1 Å². The summed E-state index contributed by atoms with van der Waals surface area (Å²) in [6.45, 7) is 7.37. The maximum atomic E-state index is 13.1. The lowest BCUT2D eigenvalue weighted by atomic mass is 10.1. The SMILES string of the molecule is CCN(Cc1ccc2c(c1)OCCO2)C(=O)C(C)(C)Oc1ccc(F)cc1. The standard InChI is InChI=1S/C21H24FNO4/c1-4-23(14-15-5-10-18-19(13-15)26-12-11-25-18)20(24)21(2,3)27-17-8-6-16(22)7-9-17/h5-10,13H,4,11-12,14H2,1-3H3. The number of amides is 1. The summed E-state index contributed by atoms with van der Waals surface area (Å²) in [6, 6.07) is 11.3. The van der Waals surface area contributed by atoms with Crippen LogP contribution in [0, 0.1) is 5.82 Å². The van der Waals surface area contributed by atoms with E-state index < -0.39 is 5.60 Å². The normalized spacial score (nSPS) is 13.2.